The Hall–Kier alpha value is -4.46. The van der Waals surface area contributed by atoms with E-state index in [1.807, 2.05) is 23.6 Å². The number of aryl methyl sites for hydroxylation is 1. The largest absolute Gasteiger partial charge is 0.388 e. The highest BCUT2D eigenvalue weighted by Gasteiger charge is 2.45. The van der Waals surface area contributed by atoms with Gasteiger partial charge in [0, 0.05) is 38.0 Å². The summed E-state index contributed by atoms with van der Waals surface area (Å²) in [5.41, 5.74) is 9.80. The minimum atomic E-state index is -1.08. The first-order valence-electron chi connectivity index (χ1n) is 15.2. The van der Waals surface area contributed by atoms with Crippen molar-refractivity contribution < 1.29 is 10.2 Å². The number of hydrogen-bond acceptors (Lipinski definition) is 11. The normalized spacial score (nSPS) is 23.7. The average molecular weight is 596 g/mol. The summed E-state index contributed by atoms with van der Waals surface area (Å²) < 4.78 is 1.85. The molecular weight excluding hydrogens is 558 g/mol. The Bertz CT molecular complexity index is 1670. The number of aliphatic hydroxyl groups excluding tert-OH is 2. The first-order valence-corrected chi connectivity index (χ1v) is 15.2. The van der Waals surface area contributed by atoms with Crippen molar-refractivity contribution in [3.8, 4) is 0 Å². The quantitative estimate of drug-likeness (QED) is 0.197. The number of hydrogen-bond donors (Lipinski definition) is 4. The van der Waals surface area contributed by atoms with Crippen LogP contribution in [0.1, 0.15) is 54.7 Å². The van der Waals surface area contributed by atoms with Crippen molar-refractivity contribution in [1.29, 1.82) is 0 Å². The summed E-state index contributed by atoms with van der Waals surface area (Å²) in [4.78, 5) is 18.1. The third kappa shape index (κ3) is 5.27. The Morgan fingerprint density at radius 3 is 2.32 bits per heavy atom. The highest BCUT2D eigenvalue weighted by atomic mass is 16.3. The fourth-order valence-corrected chi connectivity index (χ4v) is 6.41. The van der Waals surface area contributed by atoms with E-state index in [1.54, 1.807) is 6.33 Å². The maximum Gasteiger partial charge on any atom is 0.229 e. The third-order valence-electron chi connectivity index (χ3n) is 8.86. The standard InChI is InChI=1S/C31H37N11O2/c1-2-25-37-39-42(38-25)24-15-23(27(43)28(24)44)41-18-34-26-29(35-31(36-30(26)41)40-14-13-21(32)17-40)33-16-22(19-9-5-3-6-10-19)20-11-7-4-8-12-20/h3-12,18,21-24,27-28,43-44H,2,13-17,32H2,1H3,(H,33,35,36)/t21-,23+,24+,27+,28+/m1/s1. The van der Waals surface area contributed by atoms with Gasteiger partial charge in [-0.25, -0.2) is 4.98 Å². The fraction of sp³-hybridized carbons (Fsp3) is 0.419. The number of nitrogens with one attached hydrogen (secondary N) is 1. The molecule has 2 aromatic carbocycles. The molecule has 2 fully saturated rings. The topological polar surface area (TPSA) is 169 Å². The van der Waals surface area contributed by atoms with Crippen molar-refractivity contribution in [2.45, 2.75) is 62.4 Å². The first kappa shape index (κ1) is 28.3. The van der Waals surface area contributed by atoms with Crippen molar-refractivity contribution in [2.24, 2.45) is 5.73 Å². The van der Waals surface area contributed by atoms with Crippen LogP contribution in [0.2, 0.25) is 0 Å². The van der Waals surface area contributed by atoms with Gasteiger partial charge in [0.25, 0.3) is 0 Å². The van der Waals surface area contributed by atoms with E-state index in [9.17, 15) is 10.2 Å². The van der Waals surface area contributed by atoms with Crippen molar-refractivity contribution in [3.05, 3.63) is 83.9 Å². The molecule has 44 heavy (non-hydrogen) atoms. The van der Waals surface area contributed by atoms with E-state index in [2.05, 4.69) is 74.2 Å². The maximum absolute atomic E-state index is 11.2. The molecule has 0 unspecified atom stereocenters. The van der Waals surface area contributed by atoms with Gasteiger partial charge < -0.3 is 30.7 Å². The summed E-state index contributed by atoms with van der Waals surface area (Å²) in [5, 5.41) is 38.4. The van der Waals surface area contributed by atoms with Crippen LogP contribution in [0.5, 0.6) is 0 Å². The molecule has 0 radical (unpaired) electrons. The molecule has 5 N–H and O–H groups in total. The minimum absolute atomic E-state index is 0.0481. The molecule has 4 heterocycles. The van der Waals surface area contributed by atoms with E-state index < -0.39 is 24.3 Å². The number of aromatic nitrogens is 8. The number of rotatable bonds is 9. The van der Waals surface area contributed by atoms with Crippen molar-refractivity contribution in [3.63, 3.8) is 0 Å². The molecule has 5 atom stereocenters. The predicted molar refractivity (Wildman–Crippen MR) is 165 cm³/mol. The summed E-state index contributed by atoms with van der Waals surface area (Å²) in [6, 6.07) is 19.8. The van der Waals surface area contributed by atoms with Crippen LogP contribution in [-0.4, -0.2) is 87.8 Å². The number of tetrazole rings is 1. The number of aliphatic hydroxyl groups is 2. The SMILES string of the molecule is CCc1nnn([C@H]2C[C@H](n3cnc4c(NCC(c5ccccc5)c5ccccc5)nc(N5CC[C@@H](N)C5)nc43)[C@H](O)[C@H]2O)n1. The Balaban J connectivity index is 1.25. The molecule has 3 aromatic heterocycles. The second-order valence-corrected chi connectivity index (χ2v) is 11.7. The van der Waals surface area contributed by atoms with Gasteiger partial charge in [0.05, 0.1) is 12.4 Å². The van der Waals surface area contributed by atoms with E-state index in [0.717, 1.165) is 13.0 Å². The van der Waals surface area contributed by atoms with Crippen LogP contribution >= 0.6 is 0 Å². The van der Waals surface area contributed by atoms with Gasteiger partial charge in [0.2, 0.25) is 5.95 Å². The lowest BCUT2D eigenvalue weighted by Gasteiger charge is -2.22. The molecule has 0 amide bonds. The molecule has 0 spiro atoms. The van der Waals surface area contributed by atoms with Crippen molar-refractivity contribution in [1.82, 2.24) is 39.7 Å². The number of nitrogens with two attached hydrogens (primary N) is 1. The number of anilines is 2. The Kier molecular flexibility index (Phi) is 7.66. The van der Waals surface area contributed by atoms with Crippen LogP contribution in [0.3, 0.4) is 0 Å². The molecule has 1 saturated carbocycles. The molecule has 1 aliphatic heterocycles. The highest BCUT2D eigenvalue weighted by Crippen LogP contribution is 2.40. The van der Waals surface area contributed by atoms with E-state index in [1.165, 1.54) is 15.9 Å². The van der Waals surface area contributed by atoms with E-state index in [4.69, 9.17) is 20.7 Å². The van der Waals surface area contributed by atoms with Gasteiger partial charge >= 0.3 is 0 Å². The molecular formula is C31H37N11O2. The molecule has 1 saturated heterocycles. The summed E-state index contributed by atoms with van der Waals surface area (Å²) in [6.45, 7) is 3.93. The Morgan fingerprint density at radius 2 is 1.68 bits per heavy atom. The lowest BCUT2D eigenvalue weighted by atomic mass is 9.91. The molecule has 1 aliphatic carbocycles. The van der Waals surface area contributed by atoms with Gasteiger partial charge in [-0.05, 0) is 29.2 Å². The van der Waals surface area contributed by atoms with E-state index in [0.29, 0.717) is 54.7 Å². The second-order valence-electron chi connectivity index (χ2n) is 11.7. The molecule has 0 bridgehead atoms. The highest BCUT2D eigenvalue weighted by molar-refractivity contribution is 5.84. The summed E-state index contributed by atoms with van der Waals surface area (Å²) in [5.74, 6) is 1.82. The van der Waals surface area contributed by atoms with Crippen LogP contribution < -0.4 is 16.0 Å². The number of imidazole rings is 1. The maximum atomic E-state index is 11.2. The summed E-state index contributed by atoms with van der Waals surface area (Å²) >= 11 is 0. The zero-order valence-corrected chi connectivity index (χ0v) is 24.6. The molecule has 13 nitrogen and oxygen atoms in total. The van der Waals surface area contributed by atoms with Gasteiger partial charge in [-0.2, -0.15) is 14.8 Å². The van der Waals surface area contributed by atoms with Gasteiger partial charge in [0.1, 0.15) is 18.2 Å². The van der Waals surface area contributed by atoms with Crippen LogP contribution in [0, 0.1) is 0 Å². The zero-order chi connectivity index (χ0) is 30.2. The third-order valence-corrected chi connectivity index (χ3v) is 8.86. The Morgan fingerprint density at radius 1 is 0.977 bits per heavy atom. The lowest BCUT2D eigenvalue weighted by Crippen LogP contribution is -2.31. The Labute approximate surface area is 254 Å². The predicted octanol–water partition coefficient (Wildman–Crippen LogP) is 2.06. The van der Waals surface area contributed by atoms with Crippen LogP contribution in [0.15, 0.2) is 67.0 Å². The van der Waals surface area contributed by atoms with Crippen molar-refractivity contribution >= 4 is 22.9 Å². The summed E-state index contributed by atoms with van der Waals surface area (Å²) in [7, 11) is 0. The number of benzene rings is 2. The summed E-state index contributed by atoms with van der Waals surface area (Å²) in [6.07, 6.45) is 1.38. The van der Waals surface area contributed by atoms with Gasteiger partial charge in [-0.1, -0.05) is 67.6 Å². The molecule has 5 aromatic rings. The molecule has 13 heteroatoms. The van der Waals surface area contributed by atoms with Crippen LogP contribution in [0.4, 0.5) is 11.8 Å². The van der Waals surface area contributed by atoms with E-state index >= 15 is 0 Å². The smallest absolute Gasteiger partial charge is 0.229 e. The average Bonchev–Trinajstić information content (AvgIpc) is 3.86. The van der Waals surface area contributed by atoms with Gasteiger partial charge in [0.15, 0.2) is 22.8 Å². The molecule has 2 aliphatic rings. The fourth-order valence-electron chi connectivity index (χ4n) is 6.41. The number of fused-ring (bicyclic) bond motifs is 1. The van der Waals surface area contributed by atoms with Gasteiger partial charge in [-0.3, -0.25) is 0 Å². The first-order chi connectivity index (χ1) is 21.5. The molecule has 228 valence electrons. The monoisotopic (exact) mass is 595 g/mol. The second kappa shape index (κ2) is 11.9. The van der Waals surface area contributed by atoms with Crippen molar-refractivity contribution in [2.75, 3.05) is 29.9 Å². The van der Waals surface area contributed by atoms with E-state index in [-0.39, 0.29) is 12.0 Å². The van der Waals surface area contributed by atoms with Gasteiger partial charge in [-0.15, -0.1) is 10.2 Å². The lowest BCUT2D eigenvalue weighted by molar-refractivity contribution is 0.00473. The van der Waals surface area contributed by atoms with Crippen LogP contribution in [0.25, 0.3) is 11.2 Å². The minimum Gasteiger partial charge on any atom is -0.388 e. The number of nitrogens with zero attached hydrogens (tertiary/aromatic N) is 9. The zero-order valence-electron chi connectivity index (χ0n) is 24.6. The molecule has 7 rings (SSSR count). The van der Waals surface area contributed by atoms with Crippen LogP contribution in [-0.2, 0) is 6.42 Å².